The maximum Gasteiger partial charge on any atom is 0.123 e. The molecular formula is C15H17F. The van der Waals surface area contributed by atoms with Gasteiger partial charge in [0, 0.05) is 5.92 Å². The molecule has 0 radical (unpaired) electrons. The number of halogens is 1. The Hall–Kier alpha value is -1.37. The summed E-state index contributed by atoms with van der Waals surface area (Å²) in [7, 11) is 0. The molecule has 0 bridgehead atoms. The van der Waals surface area contributed by atoms with Crippen molar-refractivity contribution in [2.45, 2.75) is 26.7 Å². The van der Waals surface area contributed by atoms with Crippen molar-refractivity contribution in [1.29, 1.82) is 0 Å². The second-order valence-electron chi connectivity index (χ2n) is 5.31. The number of benzene rings is 1. The van der Waals surface area contributed by atoms with Crippen LogP contribution in [0.1, 0.15) is 32.3 Å². The van der Waals surface area contributed by atoms with Crippen LogP contribution >= 0.6 is 0 Å². The van der Waals surface area contributed by atoms with Crippen molar-refractivity contribution in [2.24, 2.45) is 5.41 Å². The molecule has 1 aromatic rings. The normalized spacial score (nSPS) is 20.0. The summed E-state index contributed by atoms with van der Waals surface area (Å²) in [5, 5.41) is 0. The highest BCUT2D eigenvalue weighted by molar-refractivity contribution is 5.42. The molecule has 1 heteroatoms. The van der Waals surface area contributed by atoms with Crippen molar-refractivity contribution in [3.8, 4) is 0 Å². The van der Waals surface area contributed by atoms with Gasteiger partial charge in [-0.05, 0) is 28.7 Å². The molecule has 0 aliphatic heterocycles. The van der Waals surface area contributed by atoms with Crippen molar-refractivity contribution >= 4 is 0 Å². The first kappa shape index (κ1) is 11.1. The summed E-state index contributed by atoms with van der Waals surface area (Å²) < 4.78 is 13.1. The van der Waals surface area contributed by atoms with E-state index in [4.69, 9.17) is 0 Å². The van der Waals surface area contributed by atoms with Crippen LogP contribution < -0.4 is 0 Å². The van der Waals surface area contributed by atoms with Crippen LogP contribution in [0.5, 0.6) is 0 Å². The van der Waals surface area contributed by atoms with Gasteiger partial charge in [-0.15, -0.1) is 0 Å². The molecule has 0 spiro atoms. The van der Waals surface area contributed by atoms with Crippen molar-refractivity contribution in [2.75, 3.05) is 0 Å². The second-order valence-corrected chi connectivity index (χ2v) is 5.31. The minimum Gasteiger partial charge on any atom is -0.207 e. The molecule has 0 N–H and O–H groups in total. The molecular weight excluding hydrogens is 199 g/mol. The summed E-state index contributed by atoms with van der Waals surface area (Å²) in [6.45, 7) is 6.57. The average Bonchev–Trinajstić information content (AvgIpc) is 2.65. The Morgan fingerprint density at radius 3 is 2.50 bits per heavy atom. The zero-order chi connectivity index (χ0) is 11.8. The maximum absolute atomic E-state index is 13.1. The van der Waals surface area contributed by atoms with Crippen LogP contribution in [0.15, 0.2) is 48.1 Å². The van der Waals surface area contributed by atoms with Gasteiger partial charge in [0.25, 0.3) is 0 Å². The SMILES string of the molecule is CC(C)(C)C1=CC(c2cccc(F)c2)C=C1. The monoisotopic (exact) mass is 216 g/mol. The van der Waals surface area contributed by atoms with Gasteiger partial charge in [0.1, 0.15) is 5.82 Å². The fourth-order valence-corrected chi connectivity index (χ4v) is 1.93. The van der Waals surface area contributed by atoms with E-state index < -0.39 is 0 Å². The Kier molecular flexibility index (Phi) is 2.71. The zero-order valence-corrected chi connectivity index (χ0v) is 10.00. The maximum atomic E-state index is 13.1. The third-order valence-corrected chi connectivity index (χ3v) is 2.94. The van der Waals surface area contributed by atoms with Gasteiger partial charge in [-0.3, -0.25) is 0 Å². The van der Waals surface area contributed by atoms with Gasteiger partial charge in [-0.1, -0.05) is 51.1 Å². The summed E-state index contributed by atoms with van der Waals surface area (Å²) in [5.74, 6) is 0.0634. The van der Waals surface area contributed by atoms with E-state index in [1.54, 1.807) is 12.1 Å². The van der Waals surface area contributed by atoms with Crippen molar-refractivity contribution in [3.05, 3.63) is 59.4 Å². The second kappa shape index (κ2) is 3.89. The molecule has 84 valence electrons. The van der Waals surface area contributed by atoms with Crippen LogP contribution in [0.3, 0.4) is 0 Å². The lowest BCUT2D eigenvalue weighted by atomic mass is 9.87. The molecule has 0 heterocycles. The van der Waals surface area contributed by atoms with Crippen molar-refractivity contribution < 1.29 is 4.39 Å². The van der Waals surface area contributed by atoms with E-state index in [-0.39, 0.29) is 17.2 Å². The minimum absolute atomic E-state index is 0.163. The van der Waals surface area contributed by atoms with Crippen LogP contribution in [0, 0.1) is 11.2 Å². The fraction of sp³-hybridized carbons (Fsp3) is 0.333. The molecule has 1 aliphatic carbocycles. The quantitative estimate of drug-likeness (QED) is 0.650. The average molecular weight is 216 g/mol. The van der Waals surface area contributed by atoms with Gasteiger partial charge >= 0.3 is 0 Å². The van der Waals surface area contributed by atoms with Crippen LogP contribution in [0.4, 0.5) is 4.39 Å². The minimum atomic E-state index is -0.163. The molecule has 0 saturated heterocycles. The fourth-order valence-electron chi connectivity index (χ4n) is 1.93. The van der Waals surface area contributed by atoms with E-state index >= 15 is 0 Å². The molecule has 1 unspecified atom stereocenters. The van der Waals surface area contributed by atoms with Gasteiger partial charge < -0.3 is 0 Å². The summed E-state index contributed by atoms with van der Waals surface area (Å²) in [6, 6.07) is 6.83. The first-order chi connectivity index (χ1) is 7.47. The largest absolute Gasteiger partial charge is 0.207 e. The highest BCUT2D eigenvalue weighted by Gasteiger charge is 2.20. The van der Waals surface area contributed by atoms with E-state index in [9.17, 15) is 4.39 Å². The predicted molar refractivity (Wildman–Crippen MR) is 65.8 cm³/mol. The summed E-state index contributed by atoms with van der Waals surface area (Å²) >= 11 is 0. The van der Waals surface area contributed by atoms with Crippen LogP contribution in [-0.2, 0) is 0 Å². The lowest BCUT2D eigenvalue weighted by Gasteiger charge is -2.18. The molecule has 2 rings (SSSR count). The van der Waals surface area contributed by atoms with E-state index in [0.717, 1.165) is 5.56 Å². The Balaban J connectivity index is 2.28. The van der Waals surface area contributed by atoms with Gasteiger partial charge in [0.05, 0.1) is 0 Å². The molecule has 0 saturated carbocycles. The molecule has 0 fully saturated rings. The third kappa shape index (κ3) is 2.24. The predicted octanol–water partition coefficient (Wildman–Crippen LogP) is 4.45. The van der Waals surface area contributed by atoms with E-state index in [0.29, 0.717) is 0 Å². The topological polar surface area (TPSA) is 0 Å². The highest BCUT2D eigenvalue weighted by atomic mass is 19.1. The van der Waals surface area contributed by atoms with Gasteiger partial charge in [-0.2, -0.15) is 0 Å². The third-order valence-electron chi connectivity index (χ3n) is 2.94. The standard InChI is InChI=1S/C15H17F/c1-15(2,3)13-8-7-12(9-13)11-5-4-6-14(16)10-11/h4-10,12H,1-3H3. The Morgan fingerprint density at radius 1 is 1.19 bits per heavy atom. The van der Waals surface area contributed by atoms with E-state index in [1.807, 2.05) is 6.07 Å². The lowest BCUT2D eigenvalue weighted by molar-refractivity contribution is 0.517. The number of allylic oxidation sites excluding steroid dienone is 4. The van der Waals surface area contributed by atoms with Gasteiger partial charge in [0.2, 0.25) is 0 Å². The Bertz CT molecular complexity index is 447. The van der Waals surface area contributed by atoms with Crippen LogP contribution in [-0.4, -0.2) is 0 Å². The summed E-state index contributed by atoms with van der Waals surface area (Å²) in [4.78, 5) is 0. The Labute approximate surface area is 96.5 Å². The first-order valence-electron chi connectivity index (χ1n) is 5.63. The number of hydrogen-bond acceptors (Lipinski definition) is 0. The van der Waals surface area contributed by atoms with E-state index in [2.05, 4.69) is 39.0 Å². The van der Waals surface area contributed by atoms with Gasteiger partial charge in [0.15, 0.2) is 0 Å². The highest BCUT2D eigenvalue weighted by Crippen LogP contribution is 2.35. The lowest BCUT2D eigenvalue weighted by Crippen LogP contribution is -2.06. The van der Waals surface area contributed by atoms with Crippen LogP contribution in [0.2, 0.25) is 0 Å². The molecule has 16 heavy (non-hydrogen) atoms. The molecule has 1 aromatic carbocycles. The zero-order valence-electron chi connectivity index (χ0n) is 10.00. The summed E-state index contributed by atoms with van der Waals surface area (Å²) in [5.41, 5.74) is 2.51. The molecule has 0 aromatic heterocycles. The smallest absolute Gasteiger partial charge is 0.123 e. The molecule has 0 amide bonds. The molecule has 0 nitrogen and oxygen atoms in total. The van der Waals surface area contributed by atoms with Crippen molar-refractivity contribution in [3.63, 3.8) is 0 Å². The van der Waals surface area contributed by atoms with Crippen LogP contribution in [0.25, 0.3) is 0 Å². The molecule has 1 atom stereocenters. The molecule has 1 aliphatic rings. The first-order valence-corrected chi connectivity index (χ1v) is 5.63. The van der Waals surface area contributed by atoms with Gasteiger partial charge in [-0.25, -0.2) is 4.39 Å². The van der Waals surface area contributed by atoms with E-state index in [1.165, 1.54) is 11.6 Å². The van der Waals surface area contributed by atoms with Crippen molar-refractivity contribution in [1.82, 2.24) is 0 Å². The summed E-state index contributed by atoms with van der Waals surface area (Å²) in [6.07, 6.45) is 6.50. The number of rotatable bonds is 1. The number of hydrogen-bond donors (Lipinski definition) is 0. The Morgan fingerprint density at radius 2 is 1.94 bits per heavy atom.